The molecule has 0 unspecified atom stereocenters. The molecule has 0 bridgehead atoms. The van der Waals surface area contributed by atoms with Crippen LogP contribution in [0.15, 0.2) is 252 Å². The van der Waals surface area contributed by atoms with Crippen LogP contribution in [0.1, 0.15) is 22.3 Å². The molecular formula is C64H52O6P2S. The molecule has 360 valence electrons. The summed E-state index contributed by atoms with van der Waals surface area (Å²) < 4.78 is 42.1. The monoisotopic (exact) mass is 1010 g/mol. The third-order valence-corrected chi connectivity index (χ3v) is 15.0. The topological polar surface area (TPSA) is 55.4 Å². The number of rotatable bonds is 18. The quantitative estimate of drug-likeness (QED) is 0.0794. The molecule has 0 heterocycles. The average Bonchev–Trinajstić information content (AvgIpc) is 3.42. The van der Waals surface area contributed by atoms with Crippen molar-refractivity contribution in [1.82, 2.24) is 0 Å². The van der Waals surface area contributed by atoms with E-state index in [1.807, 2.05) is 146 Å². The molecule has 73 heavy (non-hydrogen) atoms. The third kappa shape index (κ3) is 11.9. The summed E-state index contributed by atoms with van der Waals surface area (Å²) in [4.78, 5) is 1.71. The van der Waals surface area contributed by atoms with Gasteiger partial charge in [-0.3, -0.25) is 0 Å². The Labute approximate surface area is 435 Å². The highest BCUT2D eigenvalue weighted by Gasteiger charge is 2.29. The lowest BCUT2D eigenvalue weighted by Crippen LogP contribution is -2.06. The highest BCUT2D eigenvalue weighted by atomic mass is 32.2. The largest absolute Gasteiger partial charge is 0.530 e. The number of hydrogen-bond acceptors (Lipinski definition) is 7. The van der Waals surface area contributed by atoms with E-state index >= 15 is 0 Å². The van der Waals surface area contributed by atoms with Crippen LogP contribution in [-0.2, 0) is 0 Å². The standard InChI is InChI=1S/C64H52O6P2S/c1-45-41-47(3)63(69-71(65-57-37-21-17-33-53(57)49-25-9-5-10-26-49)66-58-38-22-18-34-54(58)50-27-11-6-12-28-50)61(43-45)73-62-44-46(2)42-48(4)64(62)70-72(67-59-39-23-19-35-55(59)51-29-13-7-14-30-51)68-60-40-24-20-36-56(60)52-31-15-8-16-32-52/h5-44H,1-4H3. The van der Waals surface area contributed by atoms with Gasteiger partial charge in [-0.15, -0.1) is 0 Å². The number of hydrogen-bond donors (Lipinski definition) is 0. The van der Waals surface area contributed by atoms with Gasteiger partial charge in [0.25, 0.3) is 0 Å². The van der Waals surface area contributed by atoms with E-state index < -0.39 is 17.2 Å². The van der Waals surface area contributed by atoms with Crippen LogP contribution in [0, 0.1) is 27.7 Å². The number of benzene rings is 10. The molecule has 0 aromatic heterocycles. The zero-order valence-corrected chi connectivity index (χ0v) is 43.5. The van der Waals surface area contributed by atoms with Crippen LogP contribution in [0.3, 0.4) is 0 Å². The number of aryl methyl sites for hydroxylation is 4. The fourth-order valence-corrected chi connectivity index (χ4v) is 12.3. The summed E-state index contributed by atoms with van der Waals surface area (Å²) in [7, 11) is -4.27. The van der Waals surface area contributed by atoms with Crippen molar-refractivity contribution in [2.75, 3.05) is 0 Å². The van der Waals surface area contributed by atoms with E-state index in [1.165, 1.54) is 0 Å². The number of para-hydroxylation sites is 4. The molecule has 0 saturated carbocycles. The van der Waals surface area contributed by atoms with E-state index in [-0.39, 0.29) is 0 Å². The lowest BCUT2D eigenvalue weighted by Gasteiger charge is -2.24. The Morgan fingerprint density at radius 2 is 0.521 bits per heavy atom. The first kappa shape index (κ1) is 48.8. The van der Waals surface area contributed by atoms with Gasteiger partial charge in [0.1, 0.15) is 34.5 Å². The lowest BCUT2D eigenvalue weighted by molar-refractivity contribution is 0.384. The van der Waals surface area contributed by atoms with Crippen molar-refractivity contribution in [3.63, 3.8) is 0 Å². The first-order chi connectivity index (χ1) is 35.8. The fourth-order valence-electron chi connectivity index (χ4n) is 8.53. The molecule has 0 N–H and O–H groups in total. The molecule has 0 fully saturated rings. The smallest absolute Gasteiger partial charge is 0.408 e. The Morgan fingerprint density at radius 3 is 0.795 bits per heavy atom. The lowest BCUT2D eigenvalue weighted by atomic mass is 10.1. The Hall–Kier alpha value is -7.79. The van der Waals surface area contributed by atoms with Gasteiger partial charge in [0.05, 0.1) is 9.79 Å². The average molecular weight is 1010 g/mol. The molecule has 6 nitrogen and oxygen atoms in total. The minimum atomic E-state index is -2.14. The van der Waals surface area contributed by atoms with Gasteiger partial charge in [-0.1, -0.05) is 218 Å². The molecule has 10 aromatic carbocycles. The van der Waals surface area contributed by atoms with E-state index in [1.54, 1.807) is 11.8 Å². The van der Waals surface area contributed by atoms with E-state index in [9.17, 15) is 0 Å². The summed E-state index contributed by atoms with van der Waals surface area (Å²) in [6.07, 6.45) is 0. The van der Waals surface area contributed by atoms with Gasteiger partial charge in [0, 0.05) is 22.3 Å². The van der Waals surface area contributed by atoms with Crippen LogP contribution >= 0.6 is 29.0 Å². The summed E-state index contributed by atoms with van der Waals surface area (Å²) in [6, 6.07) is 81.3. The molecule has 0 aliphatic rings. The molecule has 0 atom stereocenters. The molecule has 10 rings (SSSR count). The molecule has 0 amide bonds. The summed E-state index contributed by atoms with van der Waals surface area (Å²) in [5.74, 6) is 3.80. The highest BCUT2D eigenvalue weighted by molar-refractivity contribution is 7.99. The van der Waals surface area contributed by atoms with Gasteiger partial charge in [0.15, 0.2) is 0 Å². The van der Waals surface area contributed by atoms with Crippen molar-refractivity contribution in [3.05, 3.63) is 265 Å². The molecule has 0 aliphatic carbocycles. The molecule has 0 saturated heterocycles. The Morgan fingerprint density at radius 1 is 0.274 bits per heavy atom. The van der Waals surface area contributed by atoms with Gasteiger partial charge in [-0.25, -0.2) is 0 Å². The second kappa shape index (κ2) is 23.2. The van der Waals surface area contributed by atoms with Crippen LogP contribution < -0.4 is 27.1 Å². The Balaban J connectivity index is 1.04. The zero-order valence-electron chi connectivity index (χ0n) is 40.8. The first-order valence-corrected chi connectivity index (χ1v) is 27.0. The predicted octanol–water partition coefficient (Wildman–Crippen LogP) is 19.3. The van der Waals surface area contributed by atoms with Gasteiger partial charge in [0.2, 0.25) is 0 Å². The SMILES string of the molecule is Cc1cc(C)c(OP(Oc2ccccc2-c2ccccc2)Oc2ccccc2-c2ccccc2)c(Sc2cc(C)cc(C)c2OP(Oc2ccccc2-c2ccccc2)Oc2ccccc2-c2ccccc2)c1. The summed E-state index contributed by atoms with van der Waals surface area (Å²) in [5, 5.41) is 0. The van der Waals surface area contributed by atoms with Crippen LogP contribution in [0.25, 0.3) is 44.5 Å². The van der Waals surface area contributed by atoms with Crippen LogP contribution in [0.4, 0.5) is 0 Å². The van der Waals surface area contributed by atoms with Crippen LogP contribution in [0.2, 0.25) is 0 Å². The summed E-state index contributed by atoms with van der Waals surface area (Å²) in [5.41, 5.74) is 11.7. The van der Waals surface area contributed by atoms with Crippen LogP contribution in [0.5, 0.6) is 34.5 Å². The van der Waals surface area contributed by atoms with Crippen LogP contribution in [-0.4, -0.2) is 0 Å². The molecule has 0 radical (unpaired) electrons. The molecule has 0 spiro atoms. The Bertz CT molecular complexity index is 3050. The second-order valence-electron chi connectivity index (χ2n) is 17.4. The Kier molecular flexibility index (Phi) is 15.5. The van der Waals surface area contributed by atoms with Crippen molar-refractivity contribution in [2.24, 2.45) is 0 Å². The third-order valence-electron chi connectivity index (χ3n) is 11.9. The van der Waals surface area contributed by atoms with Crippen molar-refractivity contribution in [1.29, 1.82) is 0 Å². The maximum absolute atomic E-state index is 7.16. The van der Waals surface area contributed by atoms with E-state index in [0.717, 1.165) is 76.6 Å². The van der Waals surface area contributed by atoms with Crippen molar-refractivity contribution in [3.8, 4) is 79.0 Å². The molecule has 9 heteroatoms. The minimum absolute atomic E-state index is 0.629. The van der Waals surface area contributed by atoms with Crippen molar-refractivity contribution >= 4 is 29.0 Å². The highest BCUT2D eigenvalue weighted by Crippen LogP contribution is 2.54. The van der Waals surface area contributed by atoms with Gasteiger partial charge in [-0.05, 0) is 109 Å². The molecule has 0 aliphatic heterocycles. The molecule has 10 aromatic rings. The maximum Gasteiger partial charge on any atom is 0.530 e. The van der Waals surface area contributed by atoms with Gasteiger partial charge in [-0.2, -0.15) is 0 Å². The van der Waals surface area contributed by atoms with Gasteiger partial charge < -0.3 is 27.1 Å². The van der Waals surface area contributed by atoms with E-state index in [0.29, 0.717) is 34.5 Å². The van der Waals surface area contributed by atoms with E-state index in [4.69, 9.17) is 27.1 Å². The summed E-state index contributed by atoms with van der Waals surface area (Å²) >= 11 is 1.56. The fraction of sp³-hybridized carbons (Fsp3) is 0.0625. The van der Waals surface area contributed by atoms with Gasteiger partial charge >= 0.3 is 17.2 Å². The van der Waals surface area contributed by atoms with Crippen molar-refractivity contribution < 1.29 is 27.1 Å². The normalized spacial score (nSPS) is 11.0. The van der Waals surface area contributed by atoms with E-state index in [2.05, 4.69) is 125 Å². The molecular weight excluding hydrogens is 959 g/mol. The minimum Gasteiger partial charge on any atom is -0.408 e. The predicted molar refractivity (Wildman–Crippen MR) is 301 cm³/mol. The zero-order chi connectivity index (χ0) is 49.9. The van der Waals surface area contributed by atoms with Crippen molar-refractivity contribution in [2.45, 2.75) is 37.5 Å². The first-order valence-electron chi connectivity index (χ1n) is 24.0. The second-order valence-corrected chi connectivity index (χ2v) is 20.4. The summed E-state index contributed by atoms with van der Waals surface area (Å²) in [6.45, 7) is 8.31. The maximum atomic E-state index is 7.16.